The van der Waals surface area contributed by atoms with E-state index in [-0.39, 0.29) is 0 Å². The van der Waals surface area contributed by atoms with E-state index in [2.05, 4.69) is 30.2 Å². The van der Waals surface area contributed by atoms with Crippen molar-refractivity contribution in [2.75, 3.05) is 12.4 Å². The molecule has 18 heavy (non-hydrogen) atoms. The van der Waals surface area contributed by atoms with E-state index in [4.69, 9.17) is 4.74 Å². The van der Waals surface area contributed by atoms with Gasteiger partial charge < -0.3 is 10.1 Å². The zero-order valence-corrected chi connectivity index (χ0v) is 11.0. The summed E-state index contributed by atoms with van der Waals surface area (Å²) in [5.74, 6) is 2.07. The number of rotatable bonds is 4. The van der Waals surface area contributed by atoms with Crippen LogP contribution in [0.4, 0.5) is 5.69 Å². The standard InChI is InChI=1S/C15H18N2O/c1-11(2)14-6-4-5-7-15(14)18-13-8-12(16-3)9-17-10-13/h4-11,16H,1-3H3. The van der Waals surface area contributed by atoms with Crippen molar-refractivity contribution >= 4 is 5.69 Å². The molecule has 3 heteroatoms. The van der Waals surface area contributed by atoms with Crippen LogP contribution in [0.1, 0.15) is 25.3 Å². The molecule has 0 radical (unpaired) electrons. The molecule has 0 spiro atoms. The van der Waals surface area contributed by atoms with Crippen LogP contribution in [0.25, 0.3) is 0 Å². The van der Waals surface area contributed by atoms with Crippen LogP contribution in [-0.4, -0.2) is 12.0 Å². The Balaban J connectivity index is 2.28. The summed E-state index contributed by atoms with van der Waals surface area (Å²) in [6.07, 6.45) is 3.49. The Kier molecular flexibility index (Phi) is 3.82. The van der Waals surface area contributed by atoms with Gasteiger partial charge in [0, 0.05) is 13.1 Å². The van der Waals surface area contributed by atoms with Gasteiger partial charge in [-0.25, -0.2) is 0 Å². The van der Waals surface area contributed by atoms with Gasteiger partial charge in [0.2, 0.25) is 0 Å². The zero-order chi connectivity index (χ0) is 13.0. The first-order valence-electron chi connectivity index (χ1n) is 6.10. The fourth-order valence-electron chi connectivity index (χ4n) is 1.79. The second kappa shape index (κ2) is 5.54. The average molecular weight is 242 g/mol. The maximum absolute atomic E-state index is 5.91. The number of nitrogens with one attached hydrogen (secondary N) is 1. The molecule has 94 valence electrons. The smallest absolute Gasteiger partial charge is 0.147 e. The molecule has 0 unspecified atom stereocenters. The highest BCUT2D eigenvalue weighted by Crippen LogP contribution is 2.30. The lowest BCUT2D eigenvalue weighted by molar-refractivity contribution is 0.471. The molecule has 0 aliphatic heterocycles. The lowest BCUT2D eigenvalue weighted by Gasteiger charge is -2.13. The van der Waals surface area contributed by atoms with Gasteiger partial charge in [0.15, 0.2) is 0 Å². The van der Waals surface area contributed by atoms with E-state index >= 15 is 0 Å². The average Bonchev–Trinajstić information content (AvgIpc) is 2.39. The first-order valence-corrected chi connectivity index (χ1v) is 6.10. The molecule has 1 aromatic carbocycles. The van der Waals surface area contributed by atoms with Crippen molar-refractivity contribution in [1.82, 2.24) is 4.98 Å². The third-order valence-corrected chi connectivity index (χ3v) is 2.77. The highest BCUT2D eigenvalue weighted by atomic mass is 16.5. The quantitative estimate of drug-likeness (QED) is 0.878. The molecule has 1 heterocycles. The number of hydrogen-bond acceptors (Lipinski definition) is 3. The Hall–Kier alpha value is -2.03. The normalized spacial score (nSPS) is 10.4. The van der Waals surface area contributed by atoms with Crippen molar-refractivity contribution in [2.24, 2.45) is 0 Å². The van der Waals surface area contributed by atoms with Crippen LogP contribution in [-0.2, 0) is 0 Å². The minimum absolute atomic E-state index is 0.432. The van der Waals surface area contributed by atoms with Crippen molar-refractivity contribution in [2.45, 2.75) is 19.8 Å². The van der Waals surface area contributed by atoms with Crippen molar-refractivity contribution in [3.8, 4) is 11.5 Å². The van der Waals surface area contributed by atoms with Gasteiger partial charge in [-0.15, -0.1) is 0 Å². The number of nitrogens with zero attached hydrogens (tertiary/aromatic N) is 1. The van der Waals surface area contributed by atoms with E-state index < -0.39 is 0 Å². The van der Waals surface area contributed by atoms with Crippen LogP contribution in [0.2, 0.25) is 0 Å². The summed E-state index contributed by atoms with van der Waals surface area (Å²) >= 11 is 0. The van der Waals surface area contributed by atoms with Gasteiger partial charge >= 0.3 is 0 Å². The fourth-order valence-corrected chi connectivity index (χ4v) is 1.79. The summed E-state index contributed by atoms with van der Waals surface area (Å²) in [5, 5.41) is 3.05. The molecular weight excluding hydrogens is 224 g/mol. The van der Waals surface area contributed by atoms with Crippen molar-refractivity contribution in [3.05, 3.63) is 48.3 Å². The Morgan fingerprint density at radius 2 is 1.94 bits per heavy atom. The van der Waals surface area contributed by atoms with Crippen LogP contribution in [0, 0.1) is 0 Å². The van der Waals surface area contributed by atoms with Crippen molar-refractivity contribution in [3.63, 3.8) is 0 Å². The van der Waals surface area contributed by atoms with Gasteiger partial charge in [0.1, 0.15) is 11.5 Å². The predicted octanol–water partition coefficient (Wildman–Crippen LogP) is 4.04. The van der Waals surface area contributed by atoms with Crippen LogP contribution in [0.15, 0.2) is 42.7 Å². The first kappa shape index (κ1) is 12.4. The molecule has 0 fully saturated rings. The summed E-state index contributed by atoms with van der Waals surface area (Å²) in [7, 11) is 1.86. The van der Waals surface area contributed by atoms with Gasteiger partial charge in [-0.2, -0.15) is 0 Å². The highest BCUT2D eigenvalue weighted by Gasteiger charge is 2.08. The third kappa shape index (κ3) is 2.80. The van der Waals surface area contributed by atoms with Crippen LogP contribution in [0.3, 0.4) is 0 Å². The van der Waals surface area contributed by atoms with Crippen LogP contribution < -0.4 is 10.1 Å². The van der Waals surface area contributed by atoms with Gasteiger partial charge in [-0.05, 0) is 17.5 Å². The number of benzene rings is 1. The number of pyridine rings is 1. The number of anilines is 1. The van der Waals surface area contributed by atoms with Crippen LogP contribution in [0.5, 0.6) is 11.5 Å². The molecule has 0 aliphatic carbocycles. The topological polar surface area (TPSA) is 34.2 Å². The molecule has 0 bridgehead atoms. The molecule has 1 N–H and O–H groups in total. The Bertz CT molecular complexity index is 523. The van der Waals surface area contributed by atoms with E-state index in [0.29, 0.717) is 5.92 Å². The number of ether oxygens (including phenoxy) is 1. The molecule has 0 amide bonds. The predicted molar refractivity (Wildman–Crippen MR) is 74.4 cm³/mol. The van der Waals surface area contributed by atoms with E-state index in [0.717, 1.165) is 17.2 Å². The number of para-hydroxylation sites is 1. The molecule has 3 nitrogen and oxygen atoms in total. The largest absolute Gasteiger partial charge is 0.455 e. The Morgan fingerprint density at radius 3 is 2.67 bits per heavy atom. The minimum atomic E-state index is 0.432. The molecular formula is C15H18N2O. The zero-order valence-electron chi connectivity index (χ0n) is 11.0. The monoisotopic (exact) mass is 242 g/mol. The molecule has 0 saturated heterocycles. The van der Waals surface area contributed by atoms with E-state index in [1.807, 2.05) is 31.3 Å². The molecule has 0 atom stereocenters. The van der Waals surface area contributed by atoms with Crippen molar-refractivity contribution in [1.29, 1.82) is 0 Å². The summed E-state index contributed by atoms with van der Waals surface area (Å²) in [6, 6.07) is 10.0. The summed E-state index contributed by atoms with van der Waals surface area (Å²) in [4.78, 5) is 4.14. The molecule has 1 aromatic heterocycles. The lowest BCUT2D eigenvalue weighted by atomic mass is 10.0. The summed E-state index contributed by atoms with van der Waals surface area (Å²) < 4.78 is 5.91. The highest BCUT2D eigenvalue weighted by molar-refractivity contribution is 5.46. The van der Waals surface area contributed by atoms with Gasteiger partial charge in [0.25, 0.3) is 0 Å². The fraction of sp³-hybridized carbons (Fsp3) is 0.267. The SMILES string of the molecule is CNc1cncc(Oc2ccccc2C(C)C)c1. The van der Waals surface area contributed by atoms with Gasteiger partial charge in [-0.3, -0.25) is 4.98 Å². The second-order valence-corrected chi connectivity index (χ2v) is 4.45. The lowest BCUT2D eigenvalue weighted by Crippen LogP contribution is -1.95. The molecule has 2 rings (SSSR count). The summed E-state index contributed by atoms with van der Waals surface area (Å²) in [6.45, 7) is 4.31. The van der Waals surface area contributed by atoms with Gasteiger partial charge in [0.05, 0.1) is 18.1 Å². The minimum Gasteiger partial charge on any atom is -0.455 e. The second-order valence-electron chi connectivity index (χ2n) is 4.45. The first-order chi connectivity index (χ1) is 8.70. The number of aromatic nitrogens is 1. The van der Waals surface area contributed by atoms with E-state index in [1.165, 1.54) is 5.56 Å². The van der Waals surface area contributed by atoms with E-state index in [1.54, 1.807) is 12.4 Å². The number of hydrogen-bond donors (Lipinski definition) is 1. The Labute approximate surface area is 108 Å². The molecule has 2 aromatic rings. The molecule has 0 saturated carbocycles. The Morgan fingerprint density at radius 1 is 1.17 bits per heavy atom. The van der Waals surface area contributed by atoms with Gasteiger partial charge in [-0.1, -0.05) is 32.0 Å². The van der Waals surface area contributed by atoms with E-state index in [9.17, 15) is 0 Å². The maximum atomic E-state index is 5.91. The maximum Gasteiger partial charge on any atom is 0.147 e. The third-order valence-electron chi connectivity index (χ3n) is 2.77. The molecule has 0 aliphatic rings. The van der Waals surface area contributed by atoms with Crippen LogP contribution >= 0.6 is 0 Å². The van der Waals surface area contributed by atoms with Crippen molar-refractivity contribution < 1.29 is 4.74 Å². The summed E-state index contributed by atoms with van der Waals surface area (Å²) in [5.41, 5.74) is 2.14.